The number of fused-ring (bicyclic) bond motifs is 1. The van der Waals surface area contributed by atoms with Crippen molar-refractivity contribution in [2.24, 2.45) is 0 Å². The van der Waals surface area contributed by atoms with Crippen LogP contribution in [-0.4, -0.2) is 19.6 Å². The van der Waals surface area contributed by atoms with Gasteiger partial charge in [-0.25, -0.2) is 4.98 Å². The van der Waals surface area contributed by atoms with Crippen molar-refractivity contribution in [3.05, 3.63) is 42.0 Å². The third-order valence-electron chi connectivity index (χ3n) is 2.33. The SMILES string of the molecule is Nc1nc2ccnc(-c3cc[n+]([O-])cc3)n2n1. The van der Waals surface area contributed by atoms with Crippen molar-refractivity contribution in [2.75, 3.05) is 5.73 Å². The minimum Gasteiger partial charge on any atom is -0.619 e. The molecule has 0 aliphatic heterocycles. The van der Waals surface area contributed by atoms with E-state index in [-0.39, 0.29) is 5.95 Å². The summed E-state index contributed by atoms with van der Waals surface area (Å²) < 4.78 is 2.25. The van der Waals surface area contributed by atoms with Crippen molar-refractivity contribution in [1.29, 1.82) is 0 Å². The normalized spacial score (nSPS) is 10.8. The summed E-state index contributed by atoms with van der Waals surface area (Å²) in [7, 11) is 0. The molecule has 7 nitrogen and oxygen atoms in total. The van der Waals surface area contributed by atoms with E-state index in [4.69, 9.17) is 5.73 Å². The van der Waals surface area contributed by atoms with Crippen molar-refractivity contribution in [2.45, 2.75) is 0 Å². The zero-order valence-corrected chi connectivity index (χ0v) is 8.69. The maximum atomic E-state index is 11.0. The van der Waals surface area contributed by atoms with Crippen molar-refractivity contribution in [1.82, 2.24) is 19.6 Å². The van der Waals surface area contributed by atoms with Crippen LogP contribution in [0.25, 0.3) is 17.0 Å². The van der Waals surface area contributed by atoms with E-state index < -0.39 is 0 Å². The number of nitrogens with two attached hydrogens (primary N) is 1. The van der Waals surface area contributed by atoms with E-state index in [2.05, 4.69) is 15.1 Å². The zero-order chi connectivity index (χ0) is 11.8. The summed E-state index contributed by atoms with van der Waals surface area (Å²) in [5, 5.41) is 15.0. The number of hydrogen-bond acceptors (Lipinski definition) is 5. The second kappa shape index (κ2) is 3.41. The van der Waals surface area contributed by atoms with Crippen LogP contribution in [0.2, 0.25) is 0 Å². The van der Waals surface area contributed by atoms with Crippen molar-refractivity contribution < 1.29 is 4.73 Å². The molecule has 7 heteroatoms. The molecule has 84 valence electrons. The zero-order valence-electron chi connectivity index (χ0n) is 8.69. The van der Waals surface area contributed by atoms with E-state index >= 15 is 0 Å². The molecule has 0 radical (unpaired) electrons. The molecule has 0 aliphatic carbocycles. The van der Waals surface area contributed by atoms with Gasteiger partial charge in [-0.2, -0.15) is 14.2 Å². The Hall–Kier alpha value is -2.70. The van der Waals surface area contributed by atoms with Gasteiger partial charge in [0.1, 0.15) is 0 Å². The summed E-state index contributed by atoms with van der Waals surface area (Å²) in [6.45, 7) is 0. The standard InChI is InChI=1S/C10H8N6O/c11-10-13-8-1-4-12-9(16(8)14-10)7-2-5-15(17)6-3-7/h1-6H,(H2,11,14). The van der Waals surface area contributed by atoms with Crippen LogP contribution >= 0.6 is 0 Å². The van der Waals surface area contributed by atoms with Crippen LogP contribution in [0.1, 0.15) is 0 Å². The second-order valence-corrected chi connectivity index (χ2v) is 3.46. The third-order valence-corrected chi connectivity index (χ3v) is 2.33. The summed E-state index contributed by atoms with van der Waals surface area (Å²) in [6.07, 6.45) is 4.42. The highest BCUT2D eigenvalue weighted by molar-refractivity contribution is 5.58. The van der Waals surface area contributed by atoms with Crippen LogP contribution in [0.4, 0.5) is 5.95 Å². The first-order chi connectivity index (χ1) is 8.24. The third kappa shape index (κ3) is 1.53. The highest BCUT2D eigenvalue weighted by atomic mass is 16.5. The first kappa shape index (κ1) is 9.52. The van der Waals surface area contributed by atoms with Crippen LogP contribution in [0.5, 0.6) is 0 Å². The number of hydrogen-bond donors (Lipinski definition) is 1. The minimum atomic E-state index is 0.189. The van der Waals surface area contributed by atoms with Gasteiger partial charge in [0.05, 0.1) is 0 Å². The van der Waals surface area contributed by atoms with E-state index in [1.165, 1.54) is 12.4 Å². The molecule has 17 heavy (non-hydrogen) atoms. The summed E-state index contributed by atoms with van der Waals surface area (Å²) >= 11 is 0. The van der Waals surface area contributed by atoms with Crippen molar-refractivity contribution in [3.63, 3.8) is 0 Å². The second-order valence-electron chi connectivity index (χ2n) is 3.46. The molecule has 0 amide bonds. The van der Waals surface area contributed by atoms with Gasteiger partial charge in [-0.3, -0.25) is 0 Å². The van der Waals surface area contributed by atoms with Crippen molar-refractivity contribution in [3.8, 4) is 11.4 Å². The molecule has 0 bridgehead atoms. The maximum absolute atomic E-state index is 11.0. The number of anilines is 1. The Morgan fingerprint density at radius 2 is 2.00 bits per heavy atom. The molecule has 0 aromatic carbocycles. The molecule has 3 heterocycles. The Bertz CT molecular complexity index is 675. The first-order valence-corrected chi connectivity index (χ1v) is 4.90. The van der Waals surface area contributed by atoms with Crippen molar-refractivity contribution >= 4 is 11.6 Å². The molecule has 0 saturated heterocycles. The van der Waals surface area contributed by atoms with Crippen LogP contribution in [0, 0.1) is 5.21 Å². The van der Waals surface area contributed by atoms with Gasteiger partial charge in [0.25, 0.3) is 0 Å². The van der Waals surface area contributed by atoms with E-state index in [1.807, 2.05) is 0 Å². The highest BCUT2D eigenvalue weighted by Crippen LogP contribution is 2.16. The molecule has 3 rings (SSSR count). The molecule has 0 spiro atoms. The fourth-order valence-corrected chi connectivity index (χ4v) is 1.59. The lowest BCUT2D eigenvalue weighted by Gasteiger charge is -2.02. The molecule has 3 aromatic heterocycles. The monoisotopic (exact) mass is 228 g/mol. The Morgan fingerprint density at radius 3 is 2.76 bits per heavy atom. The Kier molecular flexibility index (Phi) is 1.91. The largest absolute Gasteiger partial charge is 0.619 e. The topological polar surface area (TPSA) is 96.0 Å². The molecule has 3 aromatic rings. The Balaban J connectivity index is 2.26. The van der Waals surface area contributed by atoms with Gasteiger partial charge in [0.15, 0.2) is 23.9 Å². The average molecular weight is 228 g/mol. The fourth-order valence-electron chi connectivity index (χ4n) is 1.59. The van der Waals surface area contributed by atoms with Crippen LogP contribution < -0.4 is 10.5 Å². The van der Waals surface area contributed by atoms with Gasteiger partial charge in [-0.05, 0) is 0 Å². The molecule has 0 fully saturated rings. The van der Waals surface area contributed by atoms with Gasteiger partial charge in [-0.15, -0.1) is 5.10 Å². The van der Waals surface area contributed by atoms with E-state index in [9.17, 15) is 5.21 Å². The number of nitrogens with zero attached hydrogens (tertiary/aromatic N) is 5. The molecule has 2 N–H and O–H groups in total. The quantitative estimate of drug-likeness (QED) is 0.467. The lowest BCUT2D eigenvalue weighted by Crippen LogP contribution is -2.23. The van der Waals surface area contributed by atoms with Gasteiger partial charge < -0.3 is 10.9 Å². The molecular formula is C10H8N6O. The summed E-state index contributed by atoms with van der Waals surface area (Å²) in [5.74, 6) is 0.779. The van der Waals surface area contributed by atoms with Crippen LogP contribution in [-0.2, 0) is 0 Å². The Morgan fingerprint density at radius 1 is 1.24 bits per heavy atom. The molecule has 0 saturated carbocycles. The lowest BCUT2D eigenvalue weighted by atomic mass is 10.2. The predicted octanol–water partition coefficient (Wildman–Crippen LogP) is 0.00690. The van der Waals surface area contributed by atoms with Gasteiger partial charge in [-0.1, -0.05) is 0 Å². The number of rotatable bonds is 1. The summed E-state index contributed by atoms with van der Waals surface area (Å²) in [5.41, 5.74) is 6.92. The number of aromatic nitrogens is 5. The fraction of sp³-hybridized carbons (Fsp3) is 0. The summed E-state index contributed by atoms with van der Waals surface area (Å²) in [6, 6.07) is 5.03. The first-order valence-electron chi connectivity index (χ1n) is 4.90. The van der Waals surface area contributed by atoms with E-state index in [0.717, 1.165) is 5.56 Å². The van der Waals surface area contributed by atoms with E-state index in [0.29, 0.717) is 16.2 Å². The highest BCUT2D eigenvalue weighted by Gasteiger charge is 2.09. The maximum Gasteiger partial charge on any atom is 0.240 e. The predicted molar refractivity (Wildman–Crippen MR) is 59.6 cm³/mol. The van der Waals surface area contributed by atoms with Gasteiger partial charge in [0.2, 0.25) is 5.95 Å². The summed E-state index contributed by atoms with van der Waals surface area (Å²) in [4.78, 5) is 8.25. The molecule has 0 atom stereocenters. The molecular weight excluding hydrogens is 220 g/mol. The lowest BCUT2D eigenvalue weighted by molar-refractivity contribution is -0.605. The smallest absolute Gasteiger partial charge is 0.240 e. The van der Waals surface area contributed by atoms with E-state index in [1.54, 1.807) is 28.9 Å². The average Bonchev–Trinajstić information content (AvgIpc) is 2.70. The molecule has 0 aliphatic rings. The Labute approximate surface area is 95.8 Å². The van der Waals surface area contributed by atoms with Crippen LogP contribution in [0.3, 0.4) is 0 Å². The minimum absolute atomic E-state index is 0.189. The van der Waals surface area contributed by atoms with Gasteiger partial charge >= 0.3 is 0 Å². The van der Waals surface area contributed by atoms with Gasteiger partial charge in [0, 0.05) is 30.0 Å². The number of pyridine rings is 1. The van der Waals surface area contributed by atoms with Crippen LogP contribution in [0.15, 0.2) is 36.8 Å². The number of nitrogen functional groups attached to an aromatic ring is 1. The molecule has 0 unspecified atom stereocenters.